The third-order valence-corrected chi connectivity index (χ3v) is 4.68. The maximum absolute atomic E-state index is 9.92. The first kappa shape index (κ1) is 18.7. The highest BCUT2D eigenvalue weighted by Crippen LogP contribution is 2.46. The zero-order valence-corrected chi connectivity index (χ0v) is 15.0. The molecule has 5 N–H and O–H groups in total. The van der Waals surface area contributed by atoms with Crippen LogP contribution in [0.1, 0.15) is 18.5 Å². The molecule has 1 fully saturated rings. The van der Waals surface area contributed by atoms with Crippen molar-refractivity contribution in [3.8, 4) is 17.2 Å². The van der Waals surface area contributed by atoms with Crippen molar-refractivity contribution in [2.75, 3.05) is 18.4 Å². The van der Waals surface area contributed by atoms with Crippen LogP contribution in [0.15, 0.2) is 60.1 Å². The van der Waals surface area contributed by atoms with Gasteiger partial charge in [-0.05, 0) is 36.6 Å². The average molecular weight is 363 g/mol. The number of benzene rings is 1. The fraction of sp³-hybridized carbons (Fsp3) is 0.300. The molecule has 1 aromatic heterocycles. The van der Waals surface area contributed by atoms with Crippen molar-refractivity contribution < 1.29 is 10.4 Å². The summed E-state index contributed by atoms with van der Waals surface area (Å²) in [6, 6.07) is 14.3. The molecule has 0 saturated heterocycles. The fourth-order valence-corrected chi connectivity index (χ4v) is 2.84. The minimum absolute atomic E-state index is 0.351. The van der Waals surface area contributed by atoms with Crippen LogP contribution in [0.25, 0.3) is 11.1 Å². The third-order valence-electron chi connectivity index (χ3n) is 4.68. The summed E-state index contributed by atoms with van der Waals surface area (Å²) in [6.45, 7) is 0.938. The van der Waals surface area contributed by atoms with E-state index in [1.54, 1.807) is 11.5 Å². The lowest BCUT2D eigenvalue weighted by atomic mass is 10.0. The maximum atomic E-state index is 9.92. The summed E-state index contributed by atoms with van der Waals surface area (Å²) in [5.74, 6) is 0. The van der Waals surface area contributed by atoms with E-state index in [0.29, 0.717) is 13.1 Å². The minimum Gasteiger partial charge on any atom is -0.385 e. The summed E-state index contributed by atoms with van der Waals surface area (Å²) in [5.41, 5.74) is 10.2. The largest absolute Gasteiger partial charge is 0.385 e. The van der Waals surface area contributed by atoms with Gasteiger partial charge in [-0.25, -0.2) is 5.53 Å². The Balaban J connectivity index is 1.53. The predicted molar refractivity (Wildman–Crippen MR) is 102 cm³/mol. The monoisotopic (exact) mass is 363 g/mol. The number of pyridine rings is 1. The normalized spacial score (nSPS) is 15.9. The van der Waals surface area contributed by atoms with Crippen LogP contribution in [-0.2, 0) is 5.41 Å². The van der Waals surface area contributed by atoms with Crippen molar-refractivity contribution in [2.24, 2.45) is 5.11 Å². The summed E-state index contributed by atoms with van der Waals surface area (Å²) < 4.78 is 0. The highest BCUT2D eigenvalue weighted by atomic mass is 16.3. The summed E-state index contributed by atoms with van der Waals surface area (Å²) in [4.78, 5) is 4.49. The molecule has 1 saturated carbocycles. The number of nitrogens with two attached hydrogens (primary N) is 1. The second kappa shape index (κ2) is 8.54. The van der Waals surface area contributed by atoms with Gasteiger partial charge in [0.15, 0.2) is 0 Å². The first-order chi connectivity index (χ1) is 13.2. The molecule has 7 heteroatoms. The highest BCUT2D eigenvalue weighted by Gasteiger charge is 2.46. The van der Waals surface area contributed by atoms with Crippen molar-refractivity contribution in [3.05, 3.63) is 60.7 Å². The number of aliphatic hydroxyl groups is 1. The molecule has 1 aliphatic carbocycles. The number of nitrogens with zero attached hydrogens (tertiary/aromatic N) is 3. The van der Waals surface area contributed by atoms with Gasteiger partial charge < -0.3 is 15.7 Å². The van der Waals surface area contributed by atoms with Crippen molar-refractivity contribution in [1.82, 2.24) is 4.98 Å². The van der Waals surface area contributed by atoms with E-state index in [1.807, 2.05) is 42.6 Å². The van der Waals surface area contributed by atoms with Gasteiger partial charge >= 0.3 is 0 Å². The SMILES string of the molecule is N#CC1(c2ccc(-c3ccc(NC[C@@H](O)C[NH2+]/C=C\N=N)cc3)cn2)CC1. The first-order valence-electron chi connectivity index (χ1n) is 8.92. The first-order valence-corrected chi connectivity index (χ1v) is 8.92. The predicted octanol–water partition coefficient (Wildman–Crippen LogP) is 2.14. The van der Waals surface area contributed by atoms with Gasteiger partial charge in [0.2, 0.25) is 0 Å². The molecule has 3 rings (SSSR count). The topological polar surface area (TPSA) is 122 Å². The van der Waals surface area contributed by atoms with Crippen molar-refractivity contribution in [3.63, 3.8) is 0 Å². The van der Waals surface area contributed by atoms with E-state index in [0.717, 1.165) is 35.3 Å². The molecule has 0 spiro atoms. The zero-order chi connectivity index (χ0) is 19.1. The van der Waals surface area contributed by atoms with Crippen molar-refractivity contribution >= 4 is 5.69 Å². The molecule has 0 aliphatic heterocycles. The second-order valence-corrected chi connectivity index (χ2v) is 6.68. The van der Waals surface area contributed by atoms with Gasteiger partial charge in [-0.15, -0.1) is 0 Å². The Morgan fingerprint density at radius 2 is 2.04 bits per heavy atom. The Morgan fingerprint density at radius 1 is 1.30 bits per heavy atom. The van der Waals surface area contributed by atoms with E-state index in [-0.39, 0.29) is 5.41 Å². The maximum Gasteiger partial charge on any atom is 0.120 e. The zero-order valence-electron chi connectivity index (χ0n) is 15.0. The lowest BCUT2D eigenvalue weighted by Gasteiger charge is -2.11. The van der Waals surface area contributed by atoms with Crippen LogP contribution in [0.5, 0.6) is 0 Å². The van der Waals surface area contributed by atoms with Gasteiger partial charge in [-0.3, -0.25) is 4.98 Å². The Labute approximate surface area is 158 Å². The number of aromatic nitrogens is 1. The molecule has 1 atom stereocenters. The van der Waals surface area contributed by atoms with Gasteiger partial charge in [0.05, 0.1) is 17.2 Å². The average Bonchev–Trinajstić information content (AvgIpc) is 3.52. The molecule has 27 heavy (non-hydrogen) atoms. The van der Waals surface area contributed by atoms with E-state index in [2.05, 4.69) is 21.5 Å². The van der Waals surface area contributed by atoms with Crippen molar-refractivity contribution in [1.29, 1.82) is 10.8 Å². The summed E-state index contributed by atoms with van der Waals surface area (Å²) in [6.07, 6.45) is 6.13. The number of anilines is 1. The number of quaternary nitrogens is 1. The quantitative estimate of drug-likeness (QED) is 0.510. The summed E-state index contributed by atoms with van der Waals surface area (Å²) >= 11 is 0. The van der Waals surface area contributed by atoms with Gasteiger partial charge in [0.25, 0.3) is 0 Å². The molecule has 0 radical (unpaired) electrons. The molecule has 2 aromatic rings. The molecule has 0 bridgehead atoms. The molecule has 0 unspecified atom stereocenters. The summed E-state index contributed by atoms with van der Waals surface area (Å²) in [5, 5.41) is 27.3. The van der Waals surface area contributed by atoms with E-state index < -0.39 is 6.10 Å². The van der Waals surface area contributed by atoms with Gasteiger partial charge in [0.1, 0.15) is 25.0 Å². The number of aliphatic hydroxyl groups excluding tert-OH is 1. The molecule has 138 valence electrons. The van der Waals surface area contributed by atoms with Crippen LogP contribution in [0.2, 0.25) is 0 Å². The Kier molecular flexibility index (Phi) is 5.91. The number of rotatable bonds is 9. The molecule has 1 aliphatic rings. The molecular weight excluding hydrogens is 340 g/mol. The van der Waals surface area contributed by atoms with Crippen LogP contribution >= 0.6 is 0 Å². The van der Waals surface area contributed by atoms with E-state index in [4.69, 9.17) is 5.53 Å². The van der Waals surface area contributed by atoms with Crippen LogP contribution in [0.4, 0.5) is 5.69 Å². The minimum atomic E-state index is -0.508. The fourth-order valence-electron chi connectivity index (χ4n) is 2.84. The Hall–Kier alpha value is -3.08. The molecular formula is C20H23N6O+. The standard InChI is InChI=1S/C20H22N6O/c21-14-20(7-8-20)19-6-3-16(11-25-19)15-1-4-17(5-2-15)24-13-18(27)12-23-9-10-26-22/h1-6,9-11,18,22-24,27H,7-8,12-13H2/p+1/b10-9-,26-22?/t18-/m0/s1. The lowest BCUT2D eigenvalue weighted by Crippen LogP contribution is -2.81. The van der Waals surface area contributed by atoms with Crippen LogP contribution in [0.3, 0.4) is 0 Å². The lowest BCUT2D eigenvalue weighted by molar-refractivity contribution is -0.595. The Morgan fingerprint density at radius 3 is 2.63 bits per heavy atom. The highest BCUT2D eigenvalue weighted by molar-refractivity contribution is 5.65. The van der Waals surface area contributed by atoms with E-state index >= 15 is 0 Å². The molecule has 1 heterocycles. The van der Waals surface area contributed by atoms with E-state index in [9.17, 15) is 10.4 Å². The number of nitrogens with one attached hydrogen (secondary N) is 2. The van der Waals surface area contributed by atoms with Crippen LogP contribution in [0, 0.1) is 16.9 Å². The van der Waals surface area contributed by atoms with Gasteiger partial charge in [-0.1, -0.05) is 18.2 Å². The molecule has 0 amide bonds. The van der Waals surface area contributed by atoms with Crippen molar-refractivity contribution in [2.45, 2.75) is 24.4 Å². The smallest absolute Gasteiger partial charge is 0.120 e. The second-order valence-electron chi connectivity index (χ2n) is 6.68. The molecule has 7 nitrogen and oxygen atoms in total. The number of hydrogen-bond donors (Lipinski definition) is 4. The Bertz CT molecular complexity index is 834. The molecule has 1 aromatic carbocycles. The third kappa shape index (κ3) is 4.76. The van der Waals surface area contributed by atoms with Gasteiger partial charge in [0, 0.05) is 24.0 Å². The number of nitriles is 1. The van der Waals surface area contributed by atoms with Crippen LogP contribution in [-0.4, -0.2) is 29.3 Å². The summed E-state index contributed by atoms with van der Waals surface area (Å²) in [7, 11) is 0. The van der Waals surface area contributed by atoms with E-state index in [1.165, 1.54) is 6.20 Å². The van der Waals surface area contributed by atoms with Crippen LogP contribution < -0.4 is 10.6 Å². The van der Waals surface area contributed by atoms with Gasteiger partial charge in [-0.2, -0.15) is 10.4 Å². The number of hydrogen-bond acceptors (Lipinski definition) is 6.